The van der Waals surface area contributed by atoms with Gasteiger partial charge in [0.05, 0.1) is 0 Å². The number of hydrogen-bond donors (Lipinski definition) is 0. The third kappa shape index (κ3) is 2.58. The van der Waals surface area contributed by atoms with Gasteiger partial charge in [0.25, 0.3) is 5.91 Å². The molecule has 1 unspecified atom stereocenters. The molecule has 1 aromatic carbocycles. The first kappa shape index (κ1) is 13.9. The van der Waals surface area contributed by atoms with Gasteiger partial charge >= 0.3 is 0 Å². The highest BCUT2D eigenvalue weighted by molar-refractivity contribution is 5.93. The van der Waals surface area contributed by atoms with Gasteiger partial charge in [-0.2, -0.15) is 0 Å². The average Bonchev–Trinajstić information content (AvgIpc) is 3.08. The SMILES string of the molecule is CC(N(C)C(=O)c1cc(-c2ccccc2)on1)C1(C)CC1. The Kier molecular flexibility index (Phi) is 3.32. The highest BCUT2D eigenvalue weighted by Gasteiger charge is 2.45. The molecule has 1 atom stereocenters. The van der Waals surface area contributed by atoms with E-state index in [1.807, 2.05) is 37.4 Å². The zero-order valence-electron chi connectivity index (χ0n) is 12.7. The second kappa shape index (κ2) is 5.02. The molecule has 2 aromatic rings. The number of benzene rings is 1. The fraction of sp³-hybridized carbons (Fsp3) is 0.412. The van der Waals surface area contributed by atoms with Crippen LogP contribution >= 0.6 is 0 Å². The van der Waals surface area contributed by atoms with Gasteiger partial charge in [0.2, 0.25) is 0 Å². The van der Waals surface area contributed by atoms with Gasteiger partial charge in [-0.15, -0.1) is 0 Å². The van der Waals surface area contributed by atoms with E-state index in [9.17, 15) is 4.79 Å². The smallest absolute Gasteiger partial charge is 0.276 e. The Hall–Kier alpha value is -2.10. The number of carbonyl (C=O) groups is 1. The first-order chi connectivity index (χ1) is 10.0. The minimum absolute atomic E-state index is 0.0819. The summed E-state index contributed by atoms with van der Waals surface area (Å²) in [4.78, 5) is 14.3. The lowest BCUT2D eigenvalue weighted by molar-refractivity contribution is 0.0674. The molecule has 1 aromatic heterocycles. The molecule has 0 spiro atoms. The van der Waals surface area contributed by atoms with E-state index in [0.29, 0.717) is 11.5 Å². The number of carbonyl (C=O) groups excluding carboxylic acids is 1. The van der Waals surface area contributed by atoms with Crippen molar-refractivity contribution in [3.8, 4) is 11.3 Å². The Morgan fingerprint density at radius 1 is 1.33 bits per heavy atom. The summed E-state index contributed by atoms with van der Waals surface area (Å²) in [6, 6.07) is 11.6. The molecule has 0 saturated heterocycles. The number of aromatic nitrogens is 1. The monoisotopic (exact) mass is 284 g/mol. The van der Waals surface area contributed by atoms with Gasteiger partial charge in [0.15, 0.2) is 11.5 Å². The minimum Gasteiger partial charge on any atom is -0.355 e. The molecular weight excluding hydrogens is 264 g/mol. The summed E-state index contributed by atoms with van der Waals surface area (Å²) in [7, 11) is 1.84. The molecular formula is C17H20N2O2. The lowest BCUT2D eigenvalue weighted by Gasteiger charge is -2.29. The first-order valence-electron chi connectivity index (χ1n) is 7.30. The zero-order valence-corrected chi connectivity index (χ0v) is 12.7. The highest BCUT2D eigenvalue weighted by Crippen LogP contribution is 2.49. The standard InChI is InChI=1S/C17H20N2O2/c1-12(17(2)9-10-17)19(3)16(20)14-11-15(21-18-14)13-7-5-4-6-8-13/h4-8,11-12H,9-10H2,1-3H3. The normalized spacial score (nSPS) is 17.3. The van der Waals surface area contributed by atoms with E-state index in [1.54, 1.807) is 11.0 Å². The van der Waals surface area contributed by atoms with Crippen molar-refractivity contribution in [2.45, 2.75) is 32.7 Å². The van der Waals surface area contributed by atoms with Crippen LogP contribution in [0.1, 0.15) is 37.2 Å². The molecule has 0 bridgehead atoms. The Bertz CT molecular complexity index is 644. The third-order valence-corrected chi connectivity index (χ3v) is 4.74. The van der Waals surface area contributed by atoms with Crippen molar-refractivity contribution in [1.29, 1.82) is 0 Å². The maximum atomic E-state index is 12.5. The molecule has 1 fully saturated rings. The van der Waals surface area contributed by atoms with Crippen molar-refractivity contribution in [2.75, 3.05) is 7.05 Å². The van der Waals surface area contributed by atoms with Crippen LogP contribution < -0.4 is 0 Å². The topological polar surface area (TPSA) is 46.3 Å². The summed E-state index contributed by atoms with van der Waals surface area (Å²) in [5, 5.41) is 3.93. The van der Waals surface area contributed by atoms with Gasteiger partial charge in [-0.3, -0.25) is 4.79 Å². The van der Waals surface area contributed by atoms with Gasteiger partial charge in [0.1, 0.15) is 0 Å². The average molecular weight is 284 g/mol. The molecule has 1 aliphatic carbocycles. The number of rotatable bonds is 4. The number of nitrogens with zero attached hydrogens (tertiary/aromatic N) is 2. The fourth-order valence-electron chi connectivity index (χ4n) is 2.55. The van der Waals surface area contributed by atoms with Crippen LogP contribution in [0.5, 0.6) is 0 Å². The quantitative estimate of drug-likeness (QED) is 0.861. The van der Waals surface area contributed by atoms with E-state index in [-0.39, 0.29) is 17.4 Å². The molecule has 3 rings (SSSR count). The van der Waals surface area contributed by atoms with E-state index in [2.05, 4.69) is 19.0 Å². The second-order valence-corrected chi connectivity index (χ2v) is 6.19. The molecule has 1 saturated carbocycles. The van der Waals surface area contributed by atoms with E-state index in [1.165, 1.54) is 12.8 Å². The first-order valence-corrected chi connectivity index (χ1v) is 7.30. The molecule has 1 aliphatic rings. The van der Waals surface area contributed by atoms with Gasteiger partial charge in [0, 0.05) is 24.7 Å². The second-order valence-electron chi connectivity index (χ2n) is 6.19. The van der Waals surface area contributed by atoms with Crippen LogP contribution in [-0.2, 0) is 0 Å². The van der Waals surface area contributed by atoms with Gasteiger partial charge in [-0.05, 0) is 25.2 Å². The lowest BCUT2D eigenvalue weighted by atomic mass is 9.99. The third-order valence-electron chi connectivity index (χ3n) is 4.74. The molecule has 0 radical (unpaired) electrons. The molecule has 4 heteroatoms. The van der Waals surface area contributed by atoms with E-state index in [0.717, 1.165) is 5.56 Å². The van der Waals surface area contributed by atoms with Crippen LogP contribution in [0.3, 0.4) is 0 Å². The van der Waals surface area contributed by atoms with Crippen LogP contribution in [0.4, 0.5) is 0 Å². The Morgan fingerprint density at radius 2 is 2.00 bits per heavy atom. The summed E-state index contributed by atoms with van der Waals surface area (Å²) in [6.07, 6.45) is 2.36. The van der Waals surface area contributed by atoms with Crippen LogP contribution in [0.15, 0.2) is 40.9 Å². The Balaban J connectivity index is 1.78. The van der Waals surface area contributed by atoms with Crippen molar-refractivity contribution in [1.82, 2.24) is 10.1 Å². The van der Waals surface area contributed by atoms with Gasteiger partial charge in [-0.25, -0.2) is 0 Å². The van der Waals surface area contributed by atoms with Crippen molar-refractivity contribution in [3.63, 3.8) is 0 Å². The van der Waals surface area contributed by atoms with Crippen molar-refractivity contribution < 1.29 is 9.32 Å². The Labute approximate surface area is 124 Å². The molecule has 4 nitrogen and oxygen atoms in total. The molecule has 0 N–H and O–H groups in total. The maximum Gasteiger partial charge on any atom is 0.276 e. The van der Waals surface area contributed by atoms with Gasteiger partial charge in [-0.1, -0.05) is 42.4 Å². The lowest BCUT2D eigenvalue weighted by Crippen LogP contribution is -2.40. The van der Waals surface area contributed by atoms with Gasteiger partial charge < -0.3 is 9.42 Å². The van der Waals surface area contributed by atoms with Crippen LogP contribution in [0, 0.1) is 5.41 Å². The largest absolute Gasteiger partial charge is 0.355 e. The van der Waals surface area contributed by atoms with E-state index >= 15 is 0 Å². The minimum atomic E-state index is -0.0819. The van der Waals surface area contributed by atoms with Crippen LogP contribution in [-0.4, -0.2) is 29.1 Å². The molecule has 21 heavy (non-hydrogen) atoms. The zero-order chi connectivity index (χ0) is 15.0. The summed E-state index contributed by atoms with van der Waals surface area (Å²) in [5.74, 6) is 0.541. The number of hydrogen-bond acceptors (Lipinski definition) is 3. The molecule has 1 heterocycles. The van der Waals surface area contributed by atoms with Crippen molar-refractivity contribution in [3.05, 3.63) is 42.1 Å². The number of amides is 1. The predicted molar refractivity (Wildman–Crippen MR) is 80.8 cm³/mol. The van der Waals surface area contributed by atoms with E-state index in [4.69, 9.17) is 4.52 Å². The molecule has 110 valence electrons. The fourth-order valence-corrected chi connectivity index (χ4v) is 2.55. The molecule has 0 aliphatic heterocycles. The van der Waals surface area contributed by atoms with Crippen molar-refractivity contribution in [2.24, 2.45) is 5.41 Å². The summed E-state index contributed by atoms with van der Waals surface area (Å²) >= 11 is 0. The highest BCUT2D eigenvalue weighted by atomic mass is 16.5. The summed E-state index contributed by atoms with van der Waals surface area (Å²) in [6.45, 7) is 4.32. The van der Waals surface area contributed by atoms with E-state index < -0.39 is 0 Å². The summed E-state index contributed by atoms with van der Waals surface area (Å²) in [5.41, 5.74) is 1.55. The predicted octanol–water partition coefficient (Wildman–Crippen LogP) is 3.60. The Morgan fingerprint density at radius 3 is 2.62 bits per heavy atom. The van der Waals surface area contributed by atoms with Crippen molar-refractivity contribution >= 4 is 5.91 Å². The van der Waals surface area contributed by atoms with Crippen LogP contribution in [0.2, 0.25) is 0 Å². The van der Waals surface area contributed by atoms with Crippen LogP contribution in [0.25, 0.3) is 11.3 Å². The summed E-state index contributed by atoms with van der Waals surface area (Å²) < 4.78 is 5.31. The molecule has 1 amide bonds. The maximum absolute atomic E-state index is 12.5.